The Morgan fingerprint density at radius 2 is 1.84 bits per heavy atom. The van der Waals surface area contributed by atoms with Gasteiger partial charge in [0.05, 0.1) is 36.5 Å². The van der Waals surface area contributed by atoms with Gasteiger partial charge in [-0.3, -0.25) is 4.79 Å². The van der Waals surface area contributed by atoms with E-state index in [0.29, 0.717) is 18.8 Å². The first-order valence-corrected chi connectivity index (χ1v) is 10.2. The number of nitrogens with two attached hydrogens (primary N) is 1. The third-order valence-electron chi connectivity index (χ3n) is 6.17. The molecule has 1 aliphatic heterocycles. The molecule has 0 radical (unpaired) electrons. The van der Waals surface area contributed by atoms with Crippen LogP contribution in [0, 0.1) is 0 Å². The summed E-state index contributed by atoms with van der Waals surface area (Å²) in [5.41, 5.74) is 9.55. The molecule has 1 atom stereocenters. The Bertz CT molecular complexity index is 998. The summed E-state index contributed by atoms with van der Waals surface area (Å²) in [7, 11) is 0. The summed E-state index contributed by atoms with van der Waals surface area (Å²) >= 11 is 0. The second kappa shape index (κ2) is 9.80. The van der Waals surface area contributed by atoms with E-state index in [9.17, 15) is 4.79 Å². The standard InChI is InChI=1S/C21H25N7O.2ClH/c22-15-6-8-16(9-7-15)28-12-19(25-26-28)21(29)27-10-17(14-4-2-1-3-5-14)20-18(11-27)23-13-24-20;;/h1-5,12-13,15-17H,6-11,22H2,(H,23,24);2*1H. The van der Waals surface area contributed by atoms with Gasteiger partial charge >= 0.3 is 0 Å². The molecule has 1 aliphatic carbocycles. The number of amides is 1. The third-order valence-corrected chi connectivity index (χ3v) is 6.17. The summed E-state index contributed by atoms with van der Waals surface area (Å²) in [6.07, 6.45) is 7.44. The predicted octanol–water partition coefficient (Wildman–Crippen LogP) is 3.08. The zero-order valence-corrected chi connectivity index (χ0v) is 18.7. The van der Waals surface area contributed by atoms with Crippen LogP contribution in [0.5, 0.6) is 0 Å². The SMILES string of the molecule is Cl.Cl.NC1CCC(n2cc(C(=O)N3Cc4[nH]cnc4C(c4ccccc4)C3)nn2)CC1. The van der Waals surface area contributed by atoms with Gasteiger partial charge in [0.15, 0.2) is 5.69 Å². The highest BCUT2D eigenvalue weighted by Crippen LogP contribution is 2.32. The molecule has 1 amide bonds. The van der Waals surface area contributed by atoms with Gasteiger partial charge in [0.1, 0.15) is 0 Å². The highest BCUT2D eigenvalue weighted by molar-refractivity contribution is 5.92. The number of nitrogens with one attached hydrogen (secondary N) is 1. The van der Waals surface area contributed by atoms with Gasteiger partial charge in [0, 0.05) is 18.5 Å². The number of halogens is 2. The van der Waals surface area contributed by atoms with Crippen molar-refractivity contribution in [3.05, 3.63) is 65.5 Å². The molecule has 2 aliphatic rings. The Morgan fingerprint density at radius 3 is 2.58 bits per heavy atom. The third kappa shape index (κ3) is 4.61. The molecule has 1 fully saturated rings. The van der Waals surface area contributed by atoms with E-state index in [1.807, 2.05) is 27.8 Å². The van der Waals surface area contributed by atoms with Gasteiger partial charge in [-0.2, -0.15) is 0 Å². The minimum absolute atomic E-state index is 0. The number of imidazole rings is 1. The fourth-order valence-electron chi connectivity index (χ4n) is 4.51. The monoisotopic (exact) mass is 463 g/mol. The second-order valence-electron chi connectivity index (χ2n) is 8.07. The summed E-state index contributed by atoms with van der Waals surface area (Å²) in [5.74, 6) is -0.0463. The van der Waals surface area contributed by atoms with Gasteiger partial charge in [-0.15, -0.1) is 29.9 Å². The molecule has 0 saturated heterocycles. The quantitative estimate of drug-likeness (QED) is 0.620. The number of nitrogens with zero attached hydrogens (tertiary/aromatic N) is 5. The van der Waals surface area contributed by atoms with Crippen LogP contribution in [0.2, 0.25) is 0 Å². The molecule has 2 aromatic heterocycles. The Balaban J connectivity index is 0.00000136. The predicted molar refractivity (Wildman–Crippen MR) is 122 cm³/mol. The first kappa shape index (κ1) is 23.2. The van der Waals surface area contributed by atoms with Crippen molar-refractivity contribution in [2.75, 3.05) is 6.54 Å². The summed E-state index contributed by atoms with van der Waals surface area (Å²) in [6.45, 7) is 1.08. The van der Waals surface area contributed by atoms with E-state index < -0.39 is 0 Å². The minimum atomic E-state index is -0.0926. The second-order valence-corrected chi connectivity index (χ2v) is 8.07. The van der Waals surface area contributed by atoms with Crippen LogP contribution in [-0.4, -0.2) is 48.4 Å². The molecular weight excluding hydrogens is 437 g/mol. The number of hydrogen-bond donors (Lipinski definition) is 2. The number of fused-ring (bicyclic) bond motifs is 1. The van der Waals surface area contributed by atoms with Crippen molar-refractivity contribution < 1.29 is 4.79 Å². The maximum absolute atomic E-state index is 13.2. The fraction of sp³-hybridized carbons (Fsp3) is 0.429. The van der Waals surface area contributed by atoms with Crippen molar-refractivity contribution in [1.29, 1.82) is 0 Å². The molecule has 1 unspecified atom stereocenters. The molecule has 1 saturated carbocycles. The maximum atomic E-state index is 13.2. The van der Waals surface area contributed by atoms with Crippen LogP contribution in [0.4, 0.5) is 0 Å². The minimum Gasteiger partial charge on any atom is -0.347 e. The van der Waals surface area contributed by atoms with E-state index >= 15 is 0 Å². The number of rotatable bonds is 3. The number of aromatic nitrogens is 5. The highest BCUT2D eigenvalue weighted by Gasteiger charge is 2.33. The lowest BCUT2D eigenvalue weighted by Gasteiger charge is -2.31. The Labute approximate surface area is 193 Å². The maximum Gasteiger partial charge on any atom is 0.276 e. The number of benzene rings is 1. The van der Waals surface area contributed by atoms with Crippen molar-refractivity contribution in [3.8, 4) is 0 Å². The molecule has 166 valence electrons. The summed E-state index contributed by atoms with van der Waals surface area (Å²) in [4.78, 5) is 22.8. The van der Waals surface area contributed by atoms with E-state index in [4.69, 9.17) is 5.73 Å². The van der Waals surface area contributed by atoms with Gasteiger partial charge in [-0.05, 0) is 31.2 Å². The van der Waals surface area contributed by atoms with Crippen molar-refractivity contribution in [1.82, 2.24) is 29.9 Å². The average molecular weight is 464 g/mol. The molecule has 0 bridgehead atoms. The van der Waals surface area contributed by atoms with Gasteiger partial charge < -0.3 is 15.6 Å². The summed E-state index contributed by atoms with van der Waals surface area (Å²) < 4.78 is 1.85. The van der Waals surface area contributed by atoms with Crippen LogP contribution in [0.3, 0.4) is 0 Å². The molecule has 5 rings (SSSR count). The van der Waals surface area contributed by atoms with E-state index in [2.05, 4.69) is 32.4 Å². The van der Waals surface area contributed by atoms with Crippen molar-refractivity contribution in [3.63, 3.8) is 0 Å². The normalized spacial score (nSPS) is 22.7. The zero-order valence-electron chi connectivity index (χ0n) is 17.1. The largest absolute Gasteiger partial charge is 0.347 e. The Hall–Kier alpha value is -2.42. The Kier molecular flexibility index (Phi) is 7.35. The first-order chi connectivity index (χ1) is 14.2. The van der Waals surface area contributed by atoms with Crippen molar-refractivity contribution in [2.24, 2.45) is 5.73 Å². The van der Waals surface area contributed by atoms with Crippen molar-refractivity contribution in [2.45, 2.75) is 50.2 Å². The van der Waals surface area contributed by atoms with Crippen molar-refractivity contribution >= 4 is 30.7 Å². The van der Waals surface area contributed by atoms with Crippen LogP contribution in [-0.2, 0) is 6.54 Å². The van der Waals surface area contributed by atoms with E-state index in [0.717, 1.165) is 42.6 Å². The lowest BCUT2D eigenvalue weighted by atomic mass is 9.91. The summed E-state index contributed by atoms with van der Waals surface area (Å²) in [5, 5.41) is 8.44. The first-order valence-electron chi connectivity index (χ1n) is 10.2. The number of carbonyl (C=O) groups excluding carboxylic acids is 1. The van der Waals surface area contributed by atoms with Crippen LogP contribution < -0.4 is 5.73 Å². The van der Waals surface area contributed by atoms with Crippen LogP contribution >= 0.6 is 24.8 Å². The van der Waals surface area contributed by atoms with Gasteiger partial charge in [-0.1, -0.05) is 35.5 Å². The van der Waals surface area contributed by atoms with Crippen LogP contribution in [0.25, 0.3) is 0 Å². The average Bonchev–Trinajstić information content (AvgIpc) is 3.43. The van der Waals surface area contributed by atoms with Gasteiger partial charge in [-0.25, -0.2) is 9.67 Å². The van der Waals surface area contributed by atoms with Gasteiger partial charge in [0.25, 0.3) is 5.91 Å². The summed E-state index contributed by atoms with van der Waals surface area (Å²) in [6, 6.07) is 10.8. The highest BCUT2D eigenvalue weighted by atomic mass is 35.5. The molecule has 3 aromatic rings. The molecule has 31 heavy (non-hydrogen) atoms. The number of carbonyl (C=O) groups is 1. The number of hydrogen-bond acceptors (Lipinski definition) is 5. The molecule has 10 heteroatoms. The number of H-pyrrole nitrogens is 1. The zero-order chi connectivity index (χ0) is 19.8. The molecule has 3 heterocycles. The molecule has 0 spiro atoms. The van der Waals surface area contributed by atoms with Gasteiger partial charge in [0.2, 0.25) is 0 Å². The van der Waals surface area contributed by atoms with E-state index in [1.165, 1.54) is 0 Å². The van der Waals surface area contributed by atoms with E-state index in [1.54, 1.807) is 12.5 Å². The number of aromatic amines is 1. The van der Waals surface area contributed by atoms with Crippen LogP contribution in [0.15, 0.2) is 42.9 Å². The smallest absolute Gasteiger partial charge is 0.276 e. The topological polar surface area (TPSA) is 106 Å². The molecule has 8 nitrogen and oxygen atoms in total. The lowest BCUT2D eigenvalue weighted by Crippen LogP contribution is -2.39. The fourth-order valence-corrected chi connectivity index (χ4v) is 4.51. The van der Waals surface area contributed by atoms with Crippen LogP contribution in [0.1, 0.15) is 65.1 Å². The molecular formula is C21H27Cl2N7O. The molecule has 3 N–H and O–H groups in total. The lowest BCUT2D eigenvalue weighted by molar-refractivity contribution is 0.0715. The van der Waals surface area contributed by atoms with E-state index in [-0.39, 0.29) is 48.7 Å². The Morgan fingerprint density at radius 1 is 1.10 bits per heavy atom. The molecule has 1 aromatic carbocycles.